The summed E-state index contributed by atoms with van der Waals surface area (Å²) in [5.74, 6) is -0.307. The predicted molar refractivity (Wildman–Crippen MR) is 131 cm³/mol. The maximum Gasteiger partial charge on any atom is 0.243 e. The van der Waals surface area contributed by atoms with Gasteiger partial charge in [0.25, 0.3) is 0 Å². The van der Waals surface area contributed by atoms with Crippen LogP contribution in [0.15, 0.2) is 0 Å². The predicted octanol–water partition coefficient (Wildman–Crippen LogP) is -0.563. The molecule has 1 fully saturated rings. The number of aliphatic hydroxyl groups excluding tert-OH is 4. The number of piperazine rings is 1. The molecule has 0 bridgehead atoms. The molecule has 0 spiro atoms. The number of nitrogens with zero attached hydrogens (tertiary/aromatic N) is 2. The lowest BCUT2D eigenvalue weighted by molar-refractivity contribution is -0.137. The highest BCUT2D eigenvalue weighted by atomic mass is 16.3. The van der Waals surface area contributed by atoms with E-state index in [1.165, 1.54) is 0 Å². The normalized spacial score (nSPS) is 22.4. The minimum atomic E-state index is -0.529. The van der Waals surface area contributed by atoms with Crippen molar-refractivity contribution in [1.82, 2.24) is 20.4 Å². The van der Waals surface area contributed by atoms with Crippen molar-refractivity contribution in [1.29, 1.82) is 0 Å². The third-order valence-electron chi connectivity index (χ3n) is 5.79. The first-order valence-corrected chi connectivity index (χ1v) is 12.8. The first-order valence-electron chi connectivity index (χ1n) is 12.8. The maximum absolute atomic E-state index is 12.5. The molecule has 1 heterocycles. The van der Waals surface area contributed by atoms with Crippen molar-refractivity contribution in [2.24, 2.45) is 0 Å². The van der Waals surface area contributed by atoms with Crippen LogP contribution >= 0.6 is 0 Å². The fourth-order valence-corrected chi connectivity index (χ4v) is 4.46. The highest BCUT2D eigenvalue weighted by Gasteiger charge is 2.32. The van der Waals surface area contributed by atoms with E-state index >= 15 is 0 Å². The van der Waals surface area contributed by atoms with Crippen molar-refractivity contribution in [2.75, 3.05) is 39.3 Å². The Hall–Kier alpha value is -1.30. The summed E-state index contributed by atoms with van der Waals surface area (Å²) >= 11 is 0. The monoisotopic (exact) mass is 488 g/mol. The molecule has 0 aliphatic carbocycles. The Morgan fingerprint density at radius 1 is 0.618 bits per heavy atom. The molecule has 0 aromatic heterocycles. The topological polar surface area (TPSA) is 146 Å². The van der Waals surface area contributed by atoms with E-state index in [1.807, 2.05) is 9.80 Å². The summed E-state index contributed by atoms with van der Waals surface area (Å²) in [6.45, 7) is 10.2. The standard InChI is InChI=1S/C24H48N4O6/c1-17(29)13-27(14-18(2)30)11-7-5-9-21-23(33)26-22(24(34)25-21)10-6-8-12-28(15-19(3)31)16-20(4)32/h17-22,29-32H,5-16H2,1-4H3,(H,25,34)(H,26,33). The first-order chi connectivity index (χ1) is 16.0. The van der Waals surface area contributed by atoms with Crippen molar-refractivity contribution in [3.8, 4) is 0 Å². The highest BCUT2D eigenvalue weighted by molar-refractivity contribution is 5.96. The average Bonchev–Trinajstić information content (AvgIpc) is 2.69. The van der Waals surface area contributed by atoms with Gasteiger partial charge in [-0.1, -0.05) is 0 Å². The summed E-state index contributed by atoms with van der Waals surface area (Å²) in [5, 5.41) is 44.1. The third kappa shape index (κ3) is 13.6. The van der Waals surface area contributed by atoms with Crippen LogP contribution in [-0.4, -0.2) is 118 Å². The van der Waals surface area contributed by atoms with Crippen molar-refractivity contribution >= 4 is 11.8 Å². The van der Waals surface area contributed by atoms with E-state index in [4.69, 9.17) is 0 Å². The van der Waals surface area contributed by atoms with E-state index < -0.39 is 36.5 Å². The van der Waals surface area contributed by atoms with Gasteiger partial charge < -0.3 is 31.1 Å². The van der Waals surface area contributed by atoms with Gasteiger partial charge in [-0.15, -0.1) is 0 Å². The molecular formula is C24H48N4O6. The van der Waals surface area contributed by atoms with Crippen LogP contribution in [0.1, 0.15) is 66.2 Å². The summed E-state index contributed by atoms with van der Waals surface area (Å²) in [5.41, 5.74) is 0. The lowest BCUT2D eigenvalue weighted by Crippen LogP contribution is -2.61. The molecular weight excluding hydrogens is 440 g/mol. The number of amides is 2. The zero-order chi connectivity index (χ0) is 25.7. The fourth-order valence-electron chi connectivity index (χ4n) is 4.46. The van der Waals surface area contributed by atoms with Crippen LogP contribution in [0.25, 0.3) is 0 Å². The second-order valence-electron chi connectivity index (χ2n) is 10.0. The van der Waals surface area contributed by atoms with Crippen LogP contribution in [0.2, 0.25) is 0 Å². The Labute approximate surface area is 204 Å². The molecule has 1 aliphatic heterocycles. The lowest BCUT2D eigenvalue weighted by Gasteiger charge is -2.30. The number of rotatable bonds is 18. The number of aliphatic hydroxyl groups is 4. The number of hydrogen-bond donors (Lipinski definition) is 6. The molecule has 2 amide bonds. The quantitative estimate of drug-likeness (QED) is 0.141. The Bertz CT molecular complexity index is 518. The van der Waals surface area contributed by atoms with Gasteiger partial charge in [0.15, 0.2) is 0 Å². The van der Waals surface area contributed by atoms with Crippen LogP contribution in [0.5, 0.6) is 0 Å². The molecule has 10 nitrogen and oxygen atoms in total. The van der Waals surface area contributed by atoms with Gasteiger partial charge in [-0.25, -0.2) is 0 Å². The number of hydrogen-bond acceptors (Lipinski definition) is 8. The van der Waals surface area contributed by atoms with Crippen LogP contribution in [-0.2, 0) is 9.59 Å². The molecule has 1 aliphatic rings. The smallest absolute Gasteiger partial charge is 0.243 e. The van der Waals surface area contributed by atoms with Gasteiger partial charge >= 0.3 is 0 Å². The third-order valence-corrected chi connectivity index (χ3v) is 5.79. The van der Waals surface area contributed by atoms with Crippen molar-refractivity contribution < 1.29 is 30.0 Å². The van der Waals surface area contributed by atoms with Crippen molar-refractivity contribution in [3.05, 3.63) is 0 Å². The number of unbranched alkanes of at least 4 members (excludes halogenated alkanes) is 2. The first kappa shape index (κ1) is 30.7. The van der Waals surface area contributed by atoms with Crippen LogP contribution < -0.4 is 10.6 Å². The van der Waals surface area contributed by atoms with Gasteiger partial charge in [0, 0.05) is 26.2 Å². The molecule has 0 radical (unpaired) electrons. The second-order valence-corrected chi connectivity index (χ2v) is 10.0. The van der Waals surface area contributed by atoms with E-state index in [1.54, 1.807) is 27.7 Å². The zero-order valence-electron chi connectivity index (χ0n) is 21.4. The molecule has 6 unspecified atom stereocenters. The van der Waals surface area contributed by atoms with Crippen LogP contribution in [0.4, 0.5) is 0 Å². The van der Waals surface area contributed by atoms with Gasteiger partial charge in [0.05, 0.1) is 24.4 Å². The molecule has 6 atom stereocenters. The van der Waals surface area contributed by atoms with Crippen LogP contribution in [0.3, 0.4) is 0 Å². The molecule has 0 saturated carbocycles. The van der Waals surface area contributed by atoms with Gasteiger partial charge in [-0.2, -0.15) is 0 Å². The van der Waals surface area contributed by atoms with E-state index in [0.29, 0.717) is 52.1 Å². The molecule has 200 valence electrons. The van der Waals surface area contributed by atoms with Crippen LogP contribution in [0, 0.1) is 0 Å². The molecule has 10 heteroatoms. The number of carbonyl (C=O) groups excluding carboxylic acids is 2. The van der Waals surface area contributed by atoms with E-state index in [2.05, 4.69) is 10.6 Å². The second kappa shape index (κ2) is 16.4. The average molecular weight is 489 g/mol. The zero-order valence-corrected chi connectivity index (χ0v) is 21.4. The van der Waals surface area contributed by atoms with Gasteiger partial charge in [0.1, 0.15) is 12.1 Å². The van der Waals surface area contributed by atoms with E-state index in [-0.39, 0.29) is 11.8 Å². The molecule has 0 aromatic carbocycles. The molecule has 6 N–H and O–H groups in total. The number of nitrogens with one attached hydrogen (secondary N) is 2. The lowest BCUT2D eigenvalue weighted by atomic mass is 10.0. The number of carbonyl (C=O) groups is 2. The molecule has 1 saturated heterocycles. The highest BCUT2D eigenvalue weighted by Crippen LogP contribution is 2.12. The van der Waals surface area contributed by atoms with Gasteiger partial charge in [0.2, 0.25) is 11.8 Å². The Balaban J connectivity index is 2.34. The SMILES string of the molecule is CC(O)CN(CCCCC1NC(=O)C(CCCCN(CC(C)O)CC(C)O)NC1=O)CC(C)O. The van der Waals surface area contributed by atoms with Crippen molar-refractivity contribution in [3.63, 3.8) is 0 Å². The maximum atomic E-state index is 12.5. The Morgan fingerprint density at radius 3 is 1.18 bits per heavy atom. The van der Waals surface area contributed by atoms with E-state index in [9.17, 15) is 30.0 Å². The molecule has 34 heavy (non-hydrogen) atoms. The van der Waals surface area contributed by atoms with Crippen molar-refractivity contribution in [2.45, 2.75) is 103 Å². The fraction of sp³-hybridized carbons (Fsp3) is 0.917. The van der Waals surface area contributed by atoms with Gasteiger partial charge in [-0.05, 0) is 79.3 Å². The van der Waals surface area contributed by atoms with E-state index in [0.717, 1.165) is 25.7 Å². The largest absolute Gasteiger partial charge is 0.392 e. The summed E-state index contributed by atoms with van der Waals surface area (Å²) in [7, 11) is 0. The Kier molecular flexibility index (Phi) is 14.8. The summed E-state index contributed by atoms with van der Waals surface area (Å²) in [4.78, 5) is 29.0. The molecule has 1 rings (SSSR count). The summed E-state index contributed by atoms with van der Waals surface area (Å²) in [6.07, 6.45) is 2.32. The Morgan fingerprint density at radius 2 is 0.912 bits per heavy atom. The molecule has 0 aromatic rings. The minimum Gasteiger partial charge on any atom is -0.392 e. The summed E-state index contributed by atoms with van der Waals surface area (Å²) < 4.78 is 0. The van der Waals surface area contributed by atoms with Gasteiger partial charge in [-0.3, -0.25) is 19.4 Å². The minimum absolute atomic E-state index is 0.153. The summed E-state index contributed by atoms with van der Waals surface area (Å²) in [6, 6.07) is -1.06.